The fourth-order valence-electron chi connectivity index (χ4n) is 2.69. The minimum absolute atomic E-state index is 0.102. The van der Waals surface area contributed by atoms with Crippen molar-refractivity contribution in [2.75, 3.05) is 5.75 Å². The number of carbonyl (C=O) groups is 1. The molecule has 0 saturated carbocycles. The van der Waals surface area contributed by atoms with Gasteiger partial charge in [0.15, 0.2) is 11.0 Å². The summed E-state index contributed by atoms with van der Waals surface area (Å²) in [6, 6.07) is 11.6. The Morgan fingerprint density at radius 1 is 1.17 bits per heavy atom. The Morgan fingerprint density at radius 2 is 1.93 bits per heavy atom. The van der Waals surface area contributed by atoms with Gasteiger partial charge in [0.25, 0.3) is 5.91 Å². The van der Waals surface area contributed by atoms with Crippen molar-refractivity contribution in [1.29, 1.82) is 0 Å². The SMILES string of the molecule is CCSc1nnc(CNC(=O)c2ccccc2C(F)(F)F)n1-c1cccc(Cl)c1. The zero-order chi connectivity index (χ0) is 21.0. The molecule has 0 saturated heterocycles. The lowest BCUT2D eigenvalue weighted by molar-refractivity contribution is -0.137. The molecule has 29 heavy (non-hydrogen) atoms. The number of alkyl halides is 3. The van der Waals surface area contributed by atoms with Crippen LogP contribution in [0.3, 0.4) is 0 Å². The first-order valence-corrected chi connectivity index (χ1v) is 9.95. The van der Waals surface area contributed by atoms with E-state index in [-0.39, 0.29) is 6.54 Å². The Hall–Kier alpha value is -2.52. The van der Waals surface area contributed by atoms with E-state index in [0.29, 0.717) is 21.7 Å². The average molecular weight is 441 g/mol. The van der Waals surface area contributed by atoms with Crippen LogP contribution in [0, 0.1) is 0 Å². The third-order valence-electron chi connectivity index (χ3n) is 3.92. The zero-order valence-electron chi connectivity index (χ0n) is 15.2. The van der Waals surface area contributed by atoms with E-state index in [0.717, 1.165) is 17.9 Å². The molecule has 0 bridgehead atoms. The second kappa shape index (κ2) is 8.87. The predicted octanol–water partition coefficient (Wildman–Crippen LogP) is 4.98. The maximum absolute atomic E-state index is 13.2. The lowest BCUT2D eigenvalue weighted by Crippen LogP contribution is -2.27. The van der Waals surface area contributed by atoms with Crippen LogP contribution in [0.5, 0.6) is 0 Å². The summed E-state index contributed by atoms with van der Waals surface area (Å²) in [6.45, 7) is 1.85. The van der Waals surface area contributed by atoms with Crippen molar-refractivity contribution in [2.24, 2.45) is 0 Å². The second-order valence-electron chi connectivity index (χ2n) is 5.87. The van der Waals surface area contributed by atoms with Gasteiger partial charge in [0, 0.05) is 5.02 Å². The molecule has 0 spiro atoms. The number of hydrogen-bond acceptors (Lipinski definition) is 4. The standard InChI is InChI=1S/C19H16ClF3N4OS/c1-2-29-18-26-25-16(27(18)13-7-5-6-12(20)10-13)11-24-17(28)14-8-3-4-9-15(14)19(21,22)23/h3-10H,2,11H2,1H3,(H,24,28). The first-order valence-electron chi connectivity index (χ1n) is 8.58. The van der Waals surface area contributed by atoms with E-state index in [4.69, 9.17) is 11.6 Å². The minimum Gasteiger partial charge on any atom is -0.345 e. The third kappa shape index (κ3) is 4.91. The lowest BCUT2D eigenvalue weighted by atomic mass is 10.1. The summed E-state index contributed by atoms with van der Waals surface area (Å²) in [5, 5.41) is 11.8. The van der Waals surface area contributed by atoms with E-state index in [9.17, 15) is 18.0 Å². The van der Waals surface area contributed by atoms with Gasteiger partial charge in [-0.1, -0.05) is 48.5 Å². The average Bonchev–Trinajstić information content (AvgIpc) is 3.08. The largest absolute Gasteiger partial charge is 0.417 e. The number of aromatic nitrogens is 3. The summed E-state index contributed by atoms with van der Waals surface area (Å²) in [4.78, 5) is 12.4. The Labute approximate surface area is 174 Å². The van der Waals surface area contributed by atoms with E-state index in [1.807, 2.05) is 6.92 Å². The van der Waals surface area contributed by atoms with Crippen LogP contribution in [-0.4, -0.2) is 26.4 Å². The first kappa shape index (κ1) is 21.2. The van der Waals surface area contributed by atoms with Gasteiger partial charge in [0.05, 0.1) is 23.4 Å². The van der Waals surface area contributed by atoms with Gasteiger partial charge in [-0.05, 0) is 36.1 Å². The van der Waals surface area contributed by atoms with Crippen molar-refractivity contribution in [3.63, 3.8) is 0 Å². The number of carbonyl (C=O) groups excluding carboxylic acids is 1. The molecule has 0 radical (unpaired) electrons. The van der Waals surface area contributed by atoms with E-state index in [1.165, 1.54) is 23.9 Å². The van der Waals surface area contributed by atoms with Crippen molar-refractivity contribution in [3.05, 3.63) is 70.5 Å². The summed E-state index contributed by atoms with van der Waals surface area (Å²) in [7, 11) is 0. The van der Waals surface area contributed by atoms with Crippen molar-refractivity contribution in [1.82, 2.24) is 20.1 Å². The van der Waals surface area contributed by atoms with Crippen LogP contribution in [0.2, 0.25) is 5.02 Å². The summed E-state index contributed by atoms with van der Waals surface area (Å²) in [6.07, 6.45) is -4.63. The molecule has 1 N–H and O–H groups in total. The highest BCUT2D eigenvalue weighted by Gasteiger charge is 2.34. The molecule has 3 rings (SSSR count). The van der Waals surface area contributed by atoms with Crippen molar-refractivity contribution in [2.45, 2.75) is 24.8 Å². The summed E-state index contributed by atoms with van der Waals surface area (Å²) < 4.78 is 41.2. The van der Waals surface area contributed by atoms with Gasteiger partial charge in [0.1, 0.15) is 0 Å². The molecule has 1 aromatic heterocycles. The van der Waals surface area contributed by atoms with Crippen molar-refractivity contribution in [3.8, 4) is 5.69 Å². The summed E-state index contributed by atoms with van der Waals surface area (Å²) >= 11 is 7.52. The van der Waals surface area contributed by atoms with Gasteiger partial charge in [0.2, 0.25) is 0 Å². The molecule has 152 valence electrons. The van der Waals surface area contributed by atoms with Crippen LogP contribution in [0.4, 0.5) is 13.2 Å². The molecule has 0 unspecified atom stereocenters. The maximum Gasteiger partial charge on any atom is 0.417 e. The third-order valence-corrected chi connectivity index (χ3v) is 4.97. The zero-order valence-corrected chi connectivity index (χ0v) is 16.8. The van der Waals surface area contributed by atoms with Gasteiger partial charge >= 0.3 is 6.18 Å². The Bertz CT molecular complexity index is 1020. The summed E-state index contributed by atoms with van der Waals surface area (Å²) in [5.74, 6) is 0.272. The molecule has 0 aliphatic rings. The molecule has 5 nitrogen and oxygen atoms in total. The van der Waals surface area contributed by atoms with Gasteiger partial charge < -0.3 is 5.32 Å². The maximum atomic E-state index is 13.2. The molecule has 1 amide bonds. The number of rotatable bonds is 6. The second-order valence-corrected chi connectivity index (χ2v) is 7.54. The predicted molar refractivity (Wildman–Crippen MR) is 105 cm³/mol. The van der Waals surface area contributed by atoms with Crippen LogP contribution in [0.15, 0.2) is 53.7 Å². The molecule has 0 aliphatic heterocycles. The first-order chi connectivity index (χ1) is 13.8. The van der Waals surface area contributed by atoms with Gasteiger partial charge in [-0.15, -0.1) is 10.2 Å². The number of amides is 1. The monoisotopic (exact) mass is 440 g/mol. The number of thioether (sulfide) groups is 1. The molecule has 1 heterocycles. The topological polar surface area (TPSA) is 59.8 Å². The molecule has 0 fully saturated rings. The van der Waals surface area contributed by atoms with E-state index < -0.39 is 23.2 Å². The van der Waals surface area contributed by atoms with E-state index >= 15 is 0 Å². The van der Waals surface area contributed by atoms with E-state index in [1.54, 1.807) is 28.8 Å². The molecular weight excluding hydrogens is 425 g/mol. The van der Waals surface area contributed by atoms with Crippen LogP contribution in [-0.2, 0) is 12.7 Å². The summed E-state index contributed by atoms with van der Waals surface area (Å²) in [5.41, 5.74) is -0.744. The molecule has 10 heteroatoms. The lowest BCUT2D eigenvalue weighted by Gasteiger charge is -2.13. The van der Waals surface area contributed by atoms with E-state index in [2.05, 4.69) is 15.5 Å². The fraction of sp³-hybridized carbons (Fsp3) is 0.211. The number of nitrogens with zero attached hydrogens (tertiary/aromatic N) is 3. The molecular formula is C19H16ClF3N4OS. The minimum atomic E-state index is -4.63. The highest BCUT2D eigenvalue weighted by Crippen LogP contribution is 2.32. The Balaban J connectivity index is 1.88. The fourth-order valence-corrected chi connectivity index (χ4v) is 3.58. The number of benzene rings is 2. The molecule has 0 atom stereocenters. The molecule has 0 aliphatic carbocycles. The van der Waals surface area contributed by atoms with Crippen LogP contribution in [0.1, 0.15) is 28.7 Å². The van der Waals surface area contributed by atoms with Crippen molar-refractivity contribution < 1.29 is 18.0 Å². The molecule has 3 aromatic rings. The Morgan fingerprint density at radius 3 is 2.62 bits per heavy atom. The van der Waals surface area contributed by atoms with Gasteiger partial charge in [-0.2, -0.15) is 13.2 Å². The number of hydrogen-bond donors (Lipinski definition) is 1. The highest BCUT2D eigenvalue weighted by atomic mass is 35.5. The van der Waals surface area contributed by atoms with Gasteiger partial charge in [-0.3, -0.25) is 9.36 Å². The number of nitrogens with one attached hydrogen (secondary N) is 1. The van der Waals surface area contributed by atoms with Crippen LogP contribution >= 0.6 is 23.4 Å². The van der Waals surface area contributed by atoms with Crippen LogP contribution < -0.4 is 5.32 Å². The van der Waals surface area contributed by atoms with Crippen molar-refractivity contribution >= 4 is 29.3 Å². The van der Waals surface area contributed by atoms with Crippen LogP contribution in [0.25, 0.3) is 5.69 Å². The Kier molecular flexibility index (Phi) is 6.49. The van der Waals surface area contributed by atoms with Gasteiger partial charge in [-0.25, -0.2) is 0 Å². The highest BCUT2D eigenvalue weighted by molar-refractivity contribution is 7.99. The molecule has 2 aromatic carbocycles. The smallest absolute Gasteiger partial charge is 0.345 e. The quantitative estimate of drug-likeness (QED) is 0.549. The normalized spacial score (nSPS) is 11.5. The number of halogens is 4.